The molecule has 0 aromatic carbocycles. The summed E-state index contributed by atoms with van der Waals surface area (Å²) in [4.78, 5) is 36.8. The van der Waals surface area contributed by atoms with E-state index in [1.54, 1.807) is 6.07 Å². The van der Waals surface area contributed by atoms with Crippen LogP contribution in [-0.2, 0) is 4.79 Å². The van der Waals surface area contributed by atoms with Crippen LogP contribution in [-0.4, -0.2) is 98.3 Å². The van der Waals surface area contributed by atoms with Crippen molar-refractivity contribution in [3.63, 3.8) is 0 Å². The lowest BCUT2D eigenvalue weighted by atomic mass is 9.99. The van der Waals surface area contributed by atoms with E-state index in [9.17, 15) is 9.59 Å². The Morgan fingerprint density at radius 3 is 2.33 bits per heavy atom. The number of pyridine rings is 1. The van der Waals surface area contributed by atoms with Crippen LogP contribution in [0.1, 0.15) is 57.3 Å². The number of aliphatic hydroxyl groups is 1. The van der Waals surface area contributed by atoms with Crippen molar-refractivity contribution in [1.82, 2.24) is 20.1 Å². The van der Waals surface area contributed by atoms with Gasteiger partial charge in [-0.15, -0.1) is 0 Å². The van der Waals surface area contributed by atoms with Gasteiger partial charge >= 0.3 is 0 Å². The number of rotatable bonds is 7. The van der Waals surface area contributed by atoms with E-state index >= 15 is 0 Å². The zero-order chi connectivity index (χ0) is 32.1. The number of carbonyl (C=O) groups excluding carboxylic acids is 2. The predicted octanol–water partition coefficient (Wildman–Crippen LogP) is 5.15. The molecule has 3 saturated heterocycles. The molecule has 0 radical (unpaired) electrons. The lowest BCUT2D eigenvalue weighted by Crippen LogP contribution is -2.34. The van der Waals surface area contributed by atoms with Gasteiger partial charge in [0.25, 0.3) is 0 Å². The molecule has 3 aliphatic rings. The molecule has 9 nitrogen and oxygen atoms in total. The summed E-state index contributed by atoms with van der Waals surface area (Å²) in [6.45, 7) is 13.3. The van der Waals surface area contributed by atoms with Crippen molar-refractivity contribution in [3.05, 3.63) is 57.0 Å². The van der Waals surface area contributed by atoms with Crippen molar-refractivity contribution in [2.45, 2.75) is 53.0 Å². The minimum absolute atomic E-state index is 0.152. The maximum absolute atomic E-state index is 10.7. The van der Waals surface area contributed by atoms with Gasteiger partial charge in [0.2, 0.25) is 0 Å². The van der Waals surface area contributed by atoms with Gasteiger partial charge in [0.05, 0.1) is 16.6 Å². The average Bonchev–Trinajstić information content (AvgIpc) is 3.62. The Balaban J connectivity index is 0.000000298. The van der Waals surface area contributed by atoms with Crippen molar-refractivity contribution in [2.24, 2.45) is 16.8 Å². The molecule has 1 aromatic rings. The van der Waals surface area contributed by atoms with Crippen molar-refractivity contribution in [2.75, 3.05) is 58.8 Å². The van der Waals surface area contributed by atoms with Crippen LogP contribution in [0.25, 0.3) is 0 Å². The first kappa shape index (κ1) is 36.5. The first-order valence-electron chi connectivity index (χ1n) is 14.7. The molecule has 0 spiro atoms. The highest BCUT2D eigenvalue weighted by Gasteiger charge is 2.40. The van der Waals surface area contributed by atoms with Crippen molar-refractivity contribution < 1.29 is 14.7 Å². The number of likely N-dealkylation sites (tertiary alicyclic amines) is 2. The van der Waals surface area contributed by atoms with Gasteiger partial charge in [-0.3, -0.25) is 9.79 Å². The third-order valence-electron chi connectivity index (χ3n) is 8.34. The highest BCUT2D eigenvalue weighted by molar-refractivity contribution is 6.33. The van der Waals surface area contributed by atoms with Crippen LogP contribution >= 0.6 is 23.2 Å². The number of aldehydes is 2. The van der Waals surface area contributed by atoms with E-state index in [-0.39, 0.29) is 5.92 Å². The summed E-state index contributed by atoms with van der Waals surface area (Å²) in [5.74, 6) is 2.54. The van der Waals surface area contributed by atoms with Gasteiger partial charge in [-0.2, -0.15) is 0 Å². The van der Waals surface area contributed by atoms with Gasteiger partial charge in [-0.05, 0) is 84.2 Å². The number of piperidine rings is 1. The smallest absolute Gasteiger partial charge is 0.151 e. The average molecular weight is 636 g/mol. The molecule has 2 unspecified atom stereocenters. The summed E-state index contributed by atoms with van der Waals surface area (Å²) < 4.78 is 0. The summed E-state index contributed by atoms with van der Waals surface area (Å²) in [6.07, 6.45) is 10.1. The Morgan fingerprint density at radius 1 is 1.12 bits per heavy atom. The summed E-state index contributed by atoms with van der Waals surface area (Å²) in [5.41, 5.74) is 3.99. The summed E-state index contributed by atoms with van der Waals surface area (Å²) >= 11 is 12.3. The lowest BCUT2D eigenvalue weighted by Gasteiger charge is -2.31. The summed E-state index contributed by atoms with van der Waals surface area (Å²) in [7, 11) is 5.06. The Labute approximate surface area is 267 Å². The standard InChI is InChI=1S/C19H31ClN4.C12H13ClN2O2.CH4O/c1-7-17(20)10-13(2)19(22-15(4)21-5)14(3)24-11-16-8-9-23(6)18(16)12-24;13-11-5-10(8-17)6-14-12(11)15-3-1-9(7-16)2-4-15;1-2/h7,10,16,18H,8-9,11-12H2,1-6H3,(H,21,22);5-9H,1-4H2;2H,1H3/b13-10+,17-7+,19-14+;;. The highest BCUT2D eigenvalue weighted by atomic mass is 35.5. The Kier molecular flexibility index (Phi) is 15.4. The zero-order valence-electron chi connectivity index (χ0n) is 26.6. The minimum Gasteiger partial charge on any atom is -0.400 e. The zero-order valence-corrected chi connectivity index (χ0v) is 28.1. The molecule has 0 aliphatic carbocycles. The van der Waals surface area contributed by atoms with Crippen molar-refractivity contribution >= 4 is 47.4 Å². The Hall–Kier alpha value is -2.72. The van der Waals surface area contributed by atoms with Crippen LogP contribution in [0, 0.1) is 11.8 Å². The van der Waals surface area contributed by atoms with Crippen LogP contribution in [0.2, 0.25) is 5.02 Å². The number of hydrogen-bond acceptors (Lipinski definition) is 8. The molecule has 2 N–H and O–H groups in total. The monoisotopic (exact) mass is 634 g/mol. The van der Waals surface area contributed by atoms with E-state index in [1.165, 1.54) is 24.9 Å². The number of hydrogen-bond donors (Lipinski definition) is 2. The molecule has 0 amide bonds. The normalized spacial score (nSPS) is 22.1. The molecule has 11 heteroatoms. The fourth-order valence-electron chi connectivity index (χ4n) is 5.67. The van der Waals surface area contributed by atoms with Crippen molar-refractivity contribution in [3.8, 4) is 0 Å². The number of anilines is 1. The van der Waals surface area contributed by atoms with Gasteiger partial charge in [-0.25, -0.2) is 4.98 Å². The minimum atomic E-state index is 0.152. The number of carbonyl (C=O) groups is 2. The lowest BCUT2D eigenvalue weighted by molar-refractivity contribution is -0.111. The molecule has 2 atom stereocenters. The molecule has 4 rings (SSSR count). The number of likely N-dealkylation sites (N-methyl/N-ethyl adjacent to an activating group) is 1. The summed E-state index contributed by atoms with van der Waals surface area (Å²) in [6, 6.07) is 2.30. The van der Waals surface area contributed by atoms with Gasteiger partial charge in [0.1, 0.15) is 12.1 Å². The number of halogens is 2. The fourth-order valence-corrected chi connectivity index (χ4v) is 6.13. The third kappa shape index (κ3) is 10.2. The molecule has 43 heavy (non-hydrogen) atoms. The maximum Gasteiger partial charge on any atom is 0.151 e. The van der Waals surface area contributed by atoms with Crippen LogP contribution in [0.5, 0.6) is 0 Å². The topological polar surface area (TPSA) is 101 Å². The largest absolute Gasteiger partial charge is 0.400 e. The number of nitrogens with zero attached hydrogens (tertiary/aromatic N) is 5. The Morgan fingerprint density at radius 2 is 1.79 bits per heavy atom. The second kappa shape index (κ2) is 18.2. The van der Waals surface area contributed by atoms with E-state index in [0.29, 0.717) is 22.4 Å². The second-order valence-corrected chi connectivity index (χ2v) is 11.9. The van der Waals surface area contributed by atoms with E-state index in [4.69, 9.17) is 28.3 Å². The number of fused-ring (bicyclic) bond motifs is 1. The number of amidine groups is 1. The number of allylic oxidation sites excluding steroid dienone is 5. The van der Waals surface area contributed by atoms with E-state index in [0.717, 1.165) is 86.8 Å². The molecule has 0 saturated carbocycles. The first-order chi connectivity index (χ1) is 20.6. The van der Waals surface area contributed by atoms with Crippen molar-refractivity contribution in [1.29, 1.82) is 0 Å². The van der Waals surface area contributed by atoms with Crippen LogP contribution in [0.3, 0.4) is 0 Å². The molecule has 3 aliphatic heterocycles. The second-order valence-electron chi connectivity index (χ2n) is 11.0. The maximum atomic E-state index is 10.7. The quantitative estimate of drug-likeness (QED) is 0.184. The highest BCUT2D eigenvalue weighted by Crippen LogP contribution is 2.33. The number of nitrogens with one attached hydrogen (secondary N) is 1. The predicted molar refractivity (Wildman–Crippen MR) is 178 cm³/mol. The van der Waals surface area contributed by atoms with Crippen LogP contribution in [0.15, 0.2) is 51.4 Å². The van der Waals surface area contributed by atoms with Crippen LogP contribution in [0.4, 0.5) is 5.82 Å². The van der Waals surface area contributed by atoms with Crippen LogP contribution < -0.4 is 10.2 Å². The van der Waals surface area contributed by atoms with E-state index in [2.05, 4.69) is 50.9 Å². The van der Waals surface area contributed by atoms with E-state index < -0.39 is 0 Å². The molecule has 3 fully saturated rings. The third-order valence-corrected chi connectivity index (χ3v) is 8.94. The number of aliphatic hydroxyl groups excluding tert-OH is 1. The molecule has 4 heterocycles. The molecule has 0 bridgehead atoms. The SMILES string of the molecule is CO.C\C=C(Cl)/C=C(C)/C(NC(C)=NC)=C(/C)N1CC2CCN(C)C2C1.O=Cc1cnc(N2CCC(C=O)CC2)c(Cl)c1. The van der Waals surface area contributed by atoms with Gasteiger partial charge in [0, 0.05) is 74.8 Å². The molecule has 238 valence electrons. The molecular formula is C32H48Cl2N6O3. The summed E-state index contributed by atoms with van der Waals surface area (Å²) in [5, 5.41) is 11.7. The van der Waals surface area contributed by atoms with Gasteiger partial charge in [-0.1, -0.05) is 29.3 Å². The first-order valence-corrected chi connectivity index (χ1v) is 15.5. The van der Waals surface area contributed by atoms with E-state index in [1.807, 2.05) is 33.0 Å². The molecular weight excluding hydrogens is 587 g/mol. The number of aromatic nitrogens is 1. The fraction of sp³-hybridized carbons (Fsp3) is 0.562. The Bertz CT molecular complexity index is 1210. The van der Waals surface area contributed by atoms with Gasteiger partial charge < -0.3 is 29.9 Å². The van der Waals surface area contributed by atoms with Gasteiger partial charge in [0.15, 0.2) is 6.29 Å². The molecule has 1 aromatic heterocycles. The number of aliphatic imine (C=N–C) groups is 1.